The largest absolute Gasteiger partial charge is 0.489 e. The molecule has 1 unspecified atom stereocenters. The van der Waals surface area contributed by atoms with Crippen molar-refractivity contribution in [1.82, 2.24) is 15.1 Å². The Bertz CT molecular complexity index is 1030. The van der Waals surface area contributed by atoms with E-state index < -0.39 is 11.7 Å². The van der Waals surface area contributed by atoms with Crippen LogP contribution in [0.25, 0.3) is 11.3 Å². The molecule has 1 atom stereocenters. The van der Waals surface area contributed by atoms with Crippen LogP contribution >= 0.6 is 0 Å². The lowest BCUT2D eigenvalue weighted by molar-refractivity contribution is -0.137. The summed E-state index contributed by atoms with van der Waals surface area (Å²) in [5.74, 6) is 0.656. The SMILES string of the molecule is CN1Cc2cc(OCc3cn[nH]c3-c3ccc(C(F)(F)F)cc3)ccc2C1C=O. The van der Waals surface area contributed by atoms with E-state index in [1.165, 1.54) is 12.1 Å². The molecule has 150 valence electrons. The number of nitrogens with zero attached hydrogens (tertiary/aromatic N) is 2. The summed E-state index contributed by atoms with van der Waals surface area (Å²) in [5.41, 5.74) is 3.25. The Morgan fingerprint density at radius 2 is 2.00 bits per heavy atom. The molecule has 0 spiro atoms. The number of aromatic amines is 1. The zero-order valence-electron chi connectivity index (χ0n) is 15.5. The molecular weight excluding hydrogens is 383 g/mol. The molecule has 0 amide bonds. The van der Waals surface area contributed by atoms with Crippen molar-refractivity contribution >= 4 is 6.29 Å². The van der Waals surface area contributed by atoms with Gasteiger partial charge in [0, 0.05) is 12.1 Å². The van der Waals surface area contributed by atoms with Crippen molar-refractivity contribution in [2.75, 3.05) is 7.05 Å². The van der Waals surface area contributed by atoms with E-state index in [1.54, 1.807) is 6.20 Å². The Kier molecular flexibility index (Phi) is 4.87. The first-order valence-corrected chi connectivity index (χ1v) is 8.98. The molecule has 2 heterocycles. The van der Waals surface area contributed by atoms with E-state index in [0.29, 0.717) is 23.6 Å². The number of carbonyl (C=O) groups excluding carboxylic acids is 1. The topological polar surface area (TPSA) is 58.2 Å². The van der Waals surface area contributed by atoms with Gasteiger partial charge in [0.2, 0.25) is 0 Å². The van der Waals surface area contributed by atoms with Gasteiger partial charge in [-0.15, -0.1) is 0 Å². The fraction of sp³-hybridized carbons (Fsp3) is 0.238. The van der Waals surface area contributed by atoms with Crippen LogP contribution < -0.4 is 4.74 Å². The van der Waals surface area contributed by atoms with Crippen LogP contribution in [0.3, 0.4) is 0 Å². The quantitative estimate of drug-likeness (QED) is 0.646. The maximum Gasteiger partial charge on any atom is 0.416 e. The maximum absolute atomic E-state index is 12.8. The van der Waals surface area contributed by atoms with Gasteiger partial charge in [0.25, 0.3) is 0 Å². The second-order valence-corrected chi connectivity index (χ2v) is 6.99. The lowest BCUT2D eigenvalue weighted by Crippen LogP contribution is -2.17. The number of benzene rings is 2. The van der Waals surface area contributed by atoms with E-state index in [9.17, 15) is 18.0 Å². The van der Waals surface area contributed by atoms with Gasteiger partial charge in [0.1, 0.15) is 18.6 Å². The molecule has 5 nitrogen and oxygen atoms in total. The zero-order chi connectivity index (χ0) is 20.6. The first kappa shape index (κ1) is 19.2. The highest BCUT2D eigenvalue weighted by Gasteiger charge is 2.30. The van der Waals surface area contributed by atoms with Crippen LogP contribution in [0.2, 0.25) is 0 Å². The number of hydrogen-bond donors (Lipinski definition) is 1. The number of fused-ring (bicyclic) bond motifs is 1. The fourth-order valence-electron chi connectivity index (χ4n) is 3.54. The van der Waals surface area contributed by atoms with E-state index in [4.69, 9.17) is 4.74 Å². The number of carbonyl (C=O) groups is 1. The predicted molar refractivity (Wildman–Crippen MR) is 100 cm³/mol. The molecule has 1 aromatic heterocycles. The summed E-state index contributed by atoms with van der Waals surface area (Å²) in [6, 6.07) is 10.3. The second kappa shape index (κ2) is 7.36. The van der Waals surface area contributed by atoms with Crippen molar-refractivity contribution in [1.29, 1.82) is 0 Å². The van der Waals surface area contributed by atoms with Gasteiger partial charge >= 0.3 is 6.18 Å². The molecule has 1 N–H and O–H groups in total. The van der Waals surface area contributed by atoms with E-state index in [0.717, 1.165) is 35.1 Å². The van der Waals surface area contributed by atoms with Crippen LogP contribution in [0.4, 0.5) is 13.2 Å². The number of halogens is 3. The number of hydrogen-bond acceptors (Lipinski definition) is 4. The monoisotopic (exact) mass is 401 g/mol. The van der Waals surface area contributed by atoms with Gasteiger partial charge in [-0.25, -0.2) is 0 Å². The number of aromatic nitrogens is 2. The summed E-state index contributed by atoms with van der Waals surface area (Å²) in [4.78, 5) is 13.2. The van der Waals surface area contributed by atoms with E-state index >= 15 is 0 Å². The van der Waals surface area contributed by atoms with Crippen LogP contribution in [0, 0.1) is 0 Å². The third-order valence-corrected chi connectivity index (χ3v) is 5.07. The molecular formula is C21H18F3N3O2. The number of likely N-dealkylation sites (N-methyl/N-ethyl adjacent to an activating group) is 1. The number of rotatable bonds is 5. The molecule has 4 rings (SSSR count). The summed E-state index contributed by atoms with van der Waals surface area (Å²) < 4.78 is 44.1. The minimum atomic E-state index is -4.37. The average molecular weight is 401 g/mol. The average Bonchev–Trinajstić information content (AvgIpc) is 3.28. The molecule has 1 aliphatic heterocycles. The number of aldehydes is 1. The van der Waals surface area contributed by atoms with E-state index in [1.807, 2.05) is 30.1 Å². The molecule has 0 saturated carbocycles. The van der Waals surface area contributed by atoms with Gasteiger partial charge in [-0.1, -0.05) is 18.2 Å². The smallest absolute Gasteiger partial charge is 0.416 e. The minimum Gasteiger partial charge on any atom is -0.489 e. The third kappa shape index (κ3) is 3.75. The Hall–Kier alpha value is -3.13. The lowest BCUT2D eigenvalue weighted by Gasteiger charge is -2.12. The van der Waals surface area contributed by atoms with Gasteiger partial charge in [-0.3, -0.25) is 10.00 Å². The summed E-state index contributed by atoms with van der Waals surface area (Å²) in [5, 5.41) is 6.82. The van der Waals surface area contributed by atoms with Gasteiger partial charge in [0.15, 0.2) is 0 Å². The summed E-state index contributed by atoms with van der Waals surface area (Å²) in [6.07, 6.45) is -1.85. The number of nitrogens with one attached hydrogen (secondary N) is 1. The van der Waals surface area contributed by atoms with Crippen LogP contribution in [0.15, 0.2) is 48.7 Å². The van der Waals surface area contributed by atoms with Crippen molar-refractivity contribution in [2.45, 2.75) is 25.4 Å². The van der Waals surface area contributed by atoms with Gasteiger partial charge in [0.05, 0.1) is 23.5 Å². The lowest BCUT2D eigenvalue weighted by atomic mass is 10.1. The Morgan fingerprint density at radius 1 is 1.24 bits per heavy atom. The molecule has 0 radical (unpaired) electrons. The molecule has 1 aliphatic rings. The van der Waals surface area contributed by atoms with Crippen molar-refractivity contribution in [3.05, 3.63) is 70.9 Å². The van der Waals surface area contributed by atoms with Crippen LogP contribution in [0.5, 0.6) is 5.75 Å². The second-order valence-electron chi connectivity index (χ2n) is 6.99. The molecule has 0 aliphatic carbocycles. The van der Waals surface area contributed by atoms with Crippen LogP contribution in [-0.2, 0) is 24.1 Å². The molecule has 3 aromatic rings. The van der Waals surface area contributed by atoms with Crippen LogP contribution in [0.1, 0.15) is 28.3 Å². The van der Waals surface area contributed by atoms with E-state index in [2.05, 4.69) is 10.2 Å². The first-order valence-electron chi connectivity index (χ1n) is 8.98. The predicted octanol–water partition coefficient (Wildman–Crippen LogP) is 4.36. The Labute approximate surface area is 165 Å². The Balaban J connectivity index is 1.49. The highest BCUT2D eigenvalue weighted by molar-refractivity contribution is 5.65. The van der Waals surface area contributed by atoms with Gasteiger partial charge in [-0.05, 0) is 48.0 Å². The molecule has 0 saturated heterocycles. The fourth-order valence-corrected chi connectivity index (χ4v) is 3.54. The van der Waals surface area contributed by atoms with Gasteiger partial charge < -0.3 is 9.53 Å². The summed E-state index contributed by atoms with van der Waals surface area (Å²) >= 11 is 0. The first-order chi connectivity index (χ1) is 13.9. The summed E-state index contributed by atoms with van der Waals surface area (Å²) in [6.45, 7) is 0.872. The molecule has 2 aromatic carbocycles. The maximum atomic E-state index is 12.8. The highest BCUT2D eigenvalue weighted by Crippen LogP contribution is 2.34. The van der Waals surface area contributed by atoms with Crippen LogP contribution in [-0.4, -0.2) is 28.4 Å². The number of ether oxygens (including phenoxy) is 1. The number of alkyl halides is 3. The van der Waals surface area contributed by atoms with E-state index in [-0.39, 0.29) is 12.6 Å². The molecule has 29 heavy (non-hydrogen) atoms. The highest BCUT2D eigenvalue weighted by atomic mass is 19.4. The Morgan fingerprint density at radius 3 is 2.69 bits per heavy atom. The molecule has 8 heteroatoms. The van der Waals surface area contributed by atoms with Crippen molar-refractivity contribution < 1.29 is 22.7 Å². The van der Waals surface area contributed by atoms with Gasteiger partial charge in [-0.2, -0.15) is 18.3 Å². The van der Waals surface area contributed by atoms with Crippen molar-refractivity contribution in [3.8, 4) is 17.0 Å². The molecule has 0 fully saturated rings. The van der Waals surface area contributed by atoms with Crippen molar-refractivity contribution in [2.24, 2.45) is 0 Å². The molecule has 0 bridgehead atoms. The standard InChI is InChI=1S/C21H18F3N3O2/c1-27-10-14-8-17(6-7-18(14)19(27)11-28)29-12-15-9-25-26-20(15)13-2-4-16(5-3-13)21(22,23)24/h2-9,11,19H,10,12H2,1H3,(H,25,26). The normalized spacial score (nSPS) is 16.6. The summed E-state index contributed by atoms with van der Waals surface area (Å²) in [7, 11) is 1.89. The van der Waals surface area contributed by atoms with Crippen molar-refractivity contribution in [3.63, 3.8) is 0 Å². The zero-order valence-corrected chi connectivity index (χ0v) is 15.5. The minimum absolute atomic E-state index is 0.207. The number of H-pyrrole nitrogens is 1. The third-order valence-electron chi connectivity index (χ3n) is 5.07.